The predicted molar refractivity (Wildman–Crippen MR) is 121 cm³/mol. The molecule has 1 aliphatic heterocycles. The maximum absolute atomic E-state index is 13.1. The minimum absolute atomic E-state index is 0.136. The number of halogens is 1. The Morgan fingerprint density at radius 1 is 1.10 bits per heavy atom. The van der Waals surface area contributed by atoms with Crippen LogP contribution < -0.4 is 9.62 Å². The summed E-state index contributed by atoms with van der Waals surface area (Å²) < 4.78 is 27.4. The van der Waals surface area contributed by atoms with Gasteiger partial charge in [0.1, 0.15) is 0 Å². The molecular weight excluding hydrogens is 420 g/mol. The molecule has 3 aromatic rings. The lowest BCUT2D eigenvalue weighted by atomic mass is 10.00. The van der Waals surface area contributed by atoms with Crippen LogP contribution in [0.2, 0.25) is 5.02 Å². The number of amides is 1. The Hall–Kier alpha value is -3.09. The van der Waals surface area contributed by atoms with Gasteiger partial charge in [0.2, 0.25) is 0 Å². The molecule has 7 heteroatoms. The molecule has 0 fully saturated rings. The van der Waals surface area contributed by atoms with E-state index < -0.39 is 10.0 Å². The second kappa shape index (κ2) is 7.63. The van der Waals surface area contributed by atoms with Crippen molar-refractivity contribution in [3.05, 3.63) is 89.5 Å². The summed E-state index contributed by atoms with van der Waals surface area (Å²) in [6.45, 7) is 5.70. The van der Waals surface area contributed by atoms with Crippen molar-refractivity contribution in [3.8, 4) is 11.1 Å². The van der Waals surface area contributed by atoms with Crippen molar-refractivity contribution in [2.45, 2.75) is 11.8 Å². The zero-order valence-electron chi connectivity index (χ0n) is 16.2. The lowest BCUT2D eigenvalue weighted by Crippen LogP contribution is -2.34. The molecule has 0 aliphatic carbocycles. The fraction of sp³-hybridized carbons (Fsp3) is 0.0870. The molecule has 0 unspecified atom stereocenters. The van der Waals surface area contributed by atoms with E-state index in [4.69, 9.17) is 11.6 Å². The molecule has 1 amide bonds. The van der Waals surface area contributed by atoms with Crippen molar-refractivity contribution in [3.63, 3.8) is 0 Å². The second-order valence-corrected chi connectivity index (χ2v) is 9.21. The third-order valence-corrected chi connectivity index (χ3v) is 7.24. The highest BCUT2D eigenvalue weighted by molar-refractivity contribution is 7.93. The largest absolute Gasteiger partial charge is 0.322 e. The lowest BCUT2D eigenvalue weighted by molar-refractivity contribution is 0.102. The van der Waals surface area contributed by atoms with Gasteiger partial charge < -0.3 is 5.32 Å². The zero-order valence-corrected chi connectivity index (χ0v) is 17.8. The molecule has 0 saturated heterocycles. The average molecular weight is 439 g/mol. The summed E-state index contributed by atoms with van der Waals surface area (Å²) in [5.41, 5.74) is 3.69. The van der Waals surface area contributed by atoms with Crippen LogP contribution in [0.25, 0.3) is 11.1 Å². The maximum Gasteiger partial charge on any atom is 0.265 e. The highest BCUT2D eigenvalue weighted by Gasteiger charge is 2.34. The van der Waals surface area contributed by atoms with E-state index in [1.807, 2.05) is 13.0 Å². The molecule has 0 spiro atoms. The zero-order chi connectivity index (χ0) is 21.5. The number of carbonyl (C=O) groups excluding carboxylic acids is 1. The topological polar surface area (TPSA) is 66.5 Å². The van der Waals surface area contributed by atoms with Crippen molar-refractivity contribution < 1.29 is 13.2 Å². The molecule has 0 bridgehead atoms. The van der Waals surface area contributed by atoms with Gasteiger partial charge in [-0.3, -0.25) is 9.10 Å². The molecule has 30 heavy (non-hydrogen) atoms. The van der Waals surface area contributed by atoms with Crippen LogP contribution in [0.5, 0.6) is 0 Å². The van der Waals surface area contributed by atoms with E-state index in [0.717, 1.165) is 5.56 Å². The van der Waals surface area contributed by atoms with Crippen LogP contribution in [-0.4, -0.2) is 20.9 Å². The first kappa shape index (κ1) is 20.2. The first-order valence-corrected chi connectivity index (χ1v) is 11.1. The quantitative estimate of drug-likeness (QED) is 0.565. The van der Waals surface area contributed by atoms with Gasteiger partial charge in [0, 0.05) is 27.4 Å². The van der Waals surface area contributed by atoms with E-state index in [0.29, 0.717) is 33.1 Å². The van der Waals surface area contributed by atoms with Gasteiger partial charge >= 0.3 is 0 Å². The number of rotatable bonds is 4. The van der Waals surface area contributed by atoms with Gasteiger partial charge in [0.15, 0.2) is 0 Å². The van der Waals surface area contributed by atoms with E-state index in [-0.39, 0.29) is 17.3 Å². The number of hydrogen-bond donors (Lipinski definition) is 1. The van der Waals surface area contributed by atoms with Crippen molar-refractivity contribution >= 4 is 38.9 Å². The summed E-state index contributed by atoms with van der Waals surface area (Å²) >= 11 is 6.15. The van der Waals surface area contributed by atoms with Crippen molar-refractivity contribution in [1.29, 1.82) is 0 Å². The summed E-state index contributed by atoms with van der Waals surface area (Å²) in [6.07, 6.45) is 1.54. The molecule has 1 heterocycles. The smallest absolute Gasteiger partial charge is 0.265 e. The van der Waals surface area contributed by atoms with Gasteiger partial charge in [-0.1, -0.05) is 41.9 Å². The number of nitrogens with zero attached hydrogens (tertiary/aromatic N) is 1. The van der Waals surface area contributed by atoms with Crippen LogP contribution in [0, 0.1) is 6.92 Å². The van der Waals surface area contributed by atoms with Crippen LogP contribution in [-0.2, 0) is 10.0 Å². The number of fused-ring (bicyclic) bond motifs is 3. The van der Waals surface area contributed by atoms with Crippen LogP contribution in [0.15, 0.2) is 78.2 Å². The van der Waals surface area contributed by atoms with Crippen LogP contribution in [0.3, 0.4) is 0 Å². The van der Waals surface area contributed by atoms with Crippen molar-refractivity contribution in [2.75, 3.05) is 16.2 Å². The third kappa shape index (κ3) is 3.38. The van der Waals surface area contributed by atoms with Gasteiger partial charge in [-0.2, -0.15) is 0 Å². The number of nitrogens with one attached hydrogen (secondary N) is 1. The number of aryl methyl sites for hydroxylation is 1. The number of anilines is 2. The molecule has 5 nitrogen and oxygen atoms in total. The SMILES string of the molecule is C=CCN1c2ccc(C(=O)Nc3ccc(C)c(Cl)c3)cc2-c2ccccc2S1(=O)=O. The molecule has 0 saturated carbocycles. The Bertz CT molecular complexity index is 1290. The molecule has 1 N–H and O–H groups in total. The van der Waals surface area contributed by atoms with Crippen LogP contribution in [0.1, 0.15) is 15.9 Å². The minimum Gasteiger partial charge on any atom is -0.322 e. The predicted octanol–water partition coefficient (Wildman–Crippen LogP) is 5.26. The first-order chi connectivity index (χ1) is 14.3. The Morgan fingerprint density at radius 2 is 1.87 bits per heavy atom. The summed E-state index contributed by atoms with van der Waals surface area (Å²) in [5, 5.41) is 3.41. The molecule has 0 atom stereocenters. The van der Waals surface area contributed by atoms with E-state index in [1.165, 1.54) is 10.4 Å². The fourth-order valence-corrected chi connectivity index (χ4v) is 5.30. The molecule has 1 aliphatic rings. The molecule has 3 aromatic carbocycles. The highest BCUT2D eigenvalue weighted by Crippen LogP contribution is 2.43. The summed E-state index contributed by atoms with van der Waals surface area (Å²) in [4.78, 5) is 13.1. The molecular formula is C23H19ClN2O3S. The fourth-order valence-electron chi connectivity index (χ4n) is 3.46. The maximum atomic E-state index is 13.1. The lowest BCUT2D eigenvalue weighted by Gasteiger charge is -2.31. The number of benzene rings is 3. The van der Waals surface area contributed by atoms with Crippen molar-refractivity contribution in [2.24, 2.45) is 0 Å². The average Bonchev–Trinajstić information content (AvgIpc) is 2.73. The molecule has 4 rings (SSSR count). The molecule has 152 valence electrons. The Balaban J connectivity index is 1.78. The number of sulfonamides is 1. The van der Waals surface area contributed by atoms with Gasteiger partial charge in [-0.05, 0) is 48.9 Å². The molecule has 0 aromatic heterocycles. The summed E-state index contributed by atoms with van der Waals surface area (Å²) in [6, 6.07) is 17.1. The van der Waals surface area contributed by atoms with Crippen molar-refractivity contribution in [1.82, 2.24) is 0 Å². The third-order valence-electron chi connectivity index (χ3n) is 5.00. The Kier molecular flexibility index (Phi) is 5.13. The van der Waals surface area contributed by atoms with E-state index in [2.05, 4.69) is 11.9 Å². The summed E-state index contributed by atoms with van der Waals surface area (Å²) in [5.74, 6) is -0.307. The van der Waals surface area contributed by atoms with Gasteiger partial charge in [0.05, 0.1) is 17.1 Å². The molecule has 0 radical (unpaired) electrons. The van der Waals surface area contributed by atoms with Gasteiger partial charge in [-0.15, -0.1) is 6.58 Å². The van der Waals surface area contributed by atoms with Gasteiger partial charge in [0.25, 0.3) is 15.9 Å². The standard InChI is InChI=1S/C23H19ClN2O3S/c1-3-12-26-21-11-9-16(23(27)25-17-10-8-15(2)20(24)14-17)13-19(21)18-6-4-5-7-22(18)30(26,28)29/h3-11,13-14H,1,12H2,2H3,(H,25,27). The monoisotopic (exact) mass is 438 g/mol. The highest BCUT2D eigenvalue weighted by atomic mass is 35.5. The summed E-state index contributed by atoms with van der Waals surface area (Å²) in [7, 11) is -3.70. The van der Waals surface area contributed by atoms with Crippen LogP contribution >= 0.6 is 11.6 Å². The Labute approximate surface area is 180 Å². The minimum atomic E-state index is -3.70. The number of carbonyl (C=O) groups is 1. The normalized spacial score (nSPS) is 13.9. The van der Waals surface area contributed by atoms with E-state index >= 15 is 0 Å². The Morgan fingerprint density at radius 3 is 2.60 bits per heavy atom. The number of hydrogen-bond acceptors (Lipinski definition) is 3. The van der Waals surface area contributed by atoms with E-state index in [9.17, 15) is 13.2 Å². The van der Waals surface area contributed by atoms with Gasteiger partial charge in [-0.25, -0.2) is 8.42 Å². The van der Waals surface area contributed by atoms with E-state index in [1.54, 1.807) is 54.6 Å². The van der Waals surface area contributed by atoms with Crippen LogP contribution in [0.4, 0.5) is 11.4 Å². The first-order valence-electron chi connectivity index (χ1n) is 9.27. The second-order valence-electron chi connectivity index (χ2n) is 6.97.